The van der Waals surface area contributed by atoms with Crippen LogP contribution in [0.5, 0.6) is 5.75 Å². The minimum Gasteiger partial charge on any atom is -0.508 e. The van der Waals surface area contributed by atoms with Crippen LogP contribution in [0.3, 0.4) is 0 Å². The van der Waals surface area contributed by atoms with Gasteiger partial charge in [0.05, 0.1) is 12.1 Å². The summed E-state index contributed by atoms with van der Waals surface area (Å²) in [7, 11) is 0. The molecule has 9 nitrogen and oxygen atoms in total. The number of nitrogens with two attached hydrogens (primary N) is 1. The molecule has 4 aromatic rings. The first-order chi connectivity index (χ1) is 26.8. The van der Waals surface area contributed by atoms with Gasteiger partial charge in [-0.25, -0.2) is 19.3 Å². The van der Waals surface area contributed by atoms with Crippen LogP contribution in [0.4, 0.5) is 15.8 Å². The van der Waals surface area contributed by atoms with E-state index in [0.29, 0.717) is 36.6 Å². The number of carbonyl (C=O) groups is 3. The van der Waals surface area contributed by atoms with Crippen LogP contribution < -0.4 is 15.1 Å². The number of imide groups is 1. The van der Waals surface area contributed by atoms with Crippen molar-refractivity contribution in [2.45, 2.75) is 62.9 Å². The van der Waals surface area contributed by atoms with Crippen molar-refractivity contribution < 1.29 is 29.2 Å². The summed E-state index contributed by atoms with van der Waals surface area (Å²) in [5.74, 6) is 0.401. The fourth-order valence-electron chi connectivity index (χ4n) is 10.00. The Morgan fingerprint density at radius 2 is 1.53 bits per heavy atom. The number of nitrogens with zero attached hydrogens (tertiary/aromatic N) is 4. The molecule has 55 heavy (non-hydrogen) atoms. The Bertz CT molecular complexity index is 2110. The Morgan fingerprint density at radius 3 is 2.29 bits per heavy atom. The number of carbonyl (C=O) groups excluding carboxylic acids is 3. The van der Waals surface area contributed by atoms with Crippen molar-refractivity contribution in [1.29, 1.82) is 0 Å². The number of amides is 3. The zero-order valence-corrected chi connectivity index (χ0v) is 31.2. The smallest absolute Gasteiger partial charge is 0.340 e. The lowest BCUT2D eigenvalue weighted by molar-refractivity contribution is -0.495. The summed E-state index contributed by atoms with van der Waals surface area (Å²) in [5, 5.41) is 11.4. The minimum atomic E-state index is -0.549. The minimum absolute atomic E-state index is 0.0184. The normalized spacial score (nSPS) is 23.6. The second-order valence-corrected chi connectivity index (χ2v) is 16.2. The second kappa shape index (κ2) is 14.9. The third-order valence-electron chi connectivity index (χ3n) is 12.9. The molecule has 5 aliphatic rings. The molecule has 0 aromatic heterocycles. The molecule has 3 saturated heterocycles. The van der Waals surface area contributed by atoms with Crippen LogP contribution in [-0.4, -0.2) is 84.5 Å². The number of phenols is 1. The molecule has 4 aromatic carbocycles. The first kappa shape index (κ1) is 35.6. The standard InChI is InChI=1S/C45H48FN5O4/c46-39-26-32(43-36(30-4-2-1-3-5-30)10-6-31-25-35(52)9-12-37(31)43)7-13-40(39)50-18-16-29(17-19-50)27-48-20-22-49(23-21-48)34-8-11-38-33(24-34)28-51(45(38)55)41-14-15-42(53)47-44(41)54/h1-5,7-9,11-13,24-26,29,36,41,43,52H,6,10,14-23,27-28H2,(H,47,53,54)/p+1. The molecular formula is C45H49FN5O4+. The van der Waals surface area contributed by atoms with Gasteiger partial charge in [0.15, 0.2) is 0 Å². The molecule has 4 heterocycles. The van der Waals surface area contributed by atoms with E-state index >= 15 is 4.39 Å². The van der Waals surface area contributed by atoms with E-state index in [1.54, 1.807) is 17.0 Å². The van der Waals surface area contributed by atoms with E-state index in [4.69, 9.17) is 0 Å². The number of piperidine rings is 2. The van der Waals surface area contributed by atoms with Gasteiger partial charge in [0, 0.05) is 69.5 Å². The van der Waals surface area contributed by atoms with Gasteiger partial charge in [-0.05, 0) is 114 Å². The van der Waals surface area contributed by atoms with Gasteiger partial charge in [-0.1, -0.05) is 42.5 Å². The van der Waals surface area contributed by atoms with Crippen molar-refractivity contribution in [3.05, 3.63) is 124 Å². The fraction of sp³-hybridized carbons (Fsp3) is 0.400. The Labute approximate surface area is 321 Å². The molecule has 4 aliphatic heterocycles. The highest BCUT2D eigenvalue weighted by molar-refractivity contribution is 6.01. The molecule has 3 N–H and O–H groups in total. The average Bonchev–Trinajstić information content (AvgIpc) is 3.53. The number of quaternary nitrogens is 1. The van der Waals surface area contributed by atoms with Crippen molar-refractivity contribution in [1.82, 2.24) is 9.80 Å². The van der Waals surface area contributed by atoms with Gasteiger partial charge in [-0.15, -0.1) is 0 Å². The van der Waals surface area contributed by atoms with Crippen LogP contribution in [0.15, 0.2) is 84.9 Å². The number of aryl methyl sites for hydroxylation is 1. The first-order valence-electron chi connectivity index (χ1n) is 20.0. The summed E-state index contributed by atoms with van der Waals surface area (Å²) in [5.41, 5.74) is 7.97. The number of primary amides is 2. The molecule has 0 radical (unpaired) electrons. The molecule has 9 rings (SSSR count). The predicted octanol–water partition coefficient (Wildman–Crippen LogP) is 5.17. The summed E-state index contributed by atoms with van der Waals surface area (Å²) in [6.45, 7) is 6.87. The molecule has 0 bridgehead atoms. The van der Waals surface area contributed by atoms with Crippen LogP contribution in [-0.2, 0) is 22.6 Å². The van der Waals surface area contributed by atoms with Crippen molar-refractivity contribution in [2.75, 3.05) is 55.6 Å². The number of hydrogen-bond donors (Lipinski definition) is 2. The lowest BCUT2D eigenvalue weighted by atomic mass is 9.69. The first-order valence-corrected chi connectivity index (χ1v) is 20.0. The molecular weight excluding hydrogens is 694 g/mol. The maximum Gasteiger partial charge on any atom is 0.340 e. The highest BCUT2D eigenvalue weighted by Gasteiger charge is 2.42. The number of anilines is 2. The molecule has 1 aliphatic carbocycles. The highest BCUT2D eigenvalue weighted by atomic mass is 19.1. The zero-order valence-electron chi connectivity index (χ0n) is 31.2. The lowest BCUT2D eigenvalue weighted by Gasteiger charge is -2.40. The second-order valence-electron chi connectivity index (χ2n) is 16.2. The summed E-state index contributed by atoms with van der Waals surface area (Å²) >= 11 is 0. The molecule has 3 fully saturated rings. The van der Waals surface area contributed by atoms with Crippen LogP contribution in [0.1, 0.15) is 82.1 Å². The van der Waals surface area contributed by atoms with E-state index in [0.717, 1.165) is 99.2 Å². The quantitative estimate of drug-likeness (QED) is 0.253. The van der Waals surface area contributed by atoms with E-state index in [1.165, 1.54) is 11.1 Å². The third-order valence-corrected chi connectivity index (χ3v) is 12.9. The molecule has 3 atom stereocenters. The molecule has 3 amide bonds. The Hall–Kier alpha value is -5.06. The van der Waals surface area contributed by atoms with Crippen LogP contribution in [0.2, 0.25) is 0 Å². The zero-order chi connectivity index (χ0) is 37.6. The largest absolute Gasteiger partial charge is 0.508 e. The van der Waals surface area contributed by atoms with E-state index in [9.17, 15) is 19.5 Å². The Balaban J connectivity index is 0.795. The molecule has 3 unspecified atom stereocenters. The van der Waals surface area contributed by atoms with Gasteiger partial charge in [-0.3, -0.25) is 9.69 Å². The van der Waals surface area contributed by atoms with E-state index < -0.39 is 6.04 Å². The van der Waals surface area contributed by atoms with E-state index in [1.807, 2.05) is 36.4 Å². The molecule has 0 spiro atoms. The van der Waals surface area contributed by atoms with Crippen molar-refractivity contribution >= 4 is 29.1 Å². The average molecular weight is 743 g/mol. The van der Waals surface area contributed by atoms with Gasteiger partial charge >= 0.3 is 11.8 Å². The van der Waals surface area contributed by atoms with Gasteiger partial charge in [0.2, 0.25) is 0 Å². The van der Waals surface area contributed by atoms with Crippen molar-refractivity contribution in [2.24, 2.45) is 5.92 Å². The number of phenolic OH excluding ortho intramolecular Hbond substituents is 1. The van der Waals surface area contributed by atoms with E-state index in [2.05, 4.69) is 51.1 Å². The number of fused-ring (bicyclic) bond motifs is 2. The number of aromatic hydroxyl groups is 1. The highest BCUT2D eigenvalue weighted by Crippen LogP contribution is 2.47. The number of rotatable bonds is 7. The molecule has 10 heteroatoms. The Morgan fingerprint density at radius 1 is 0.727 bits per heavy atom. The molecule has 284 valence electrons. The maximum atomic E-state index is 16.1. The monoisotopic (exact) mass is 742 g/mol. The summed E-state index contributed by atoms with van der Waals surface area (Å²) in [6, 6.07) is 27.6. The summed E-state index contributed by atoms with van der Waals surface area (Å²) in [4.78, 5) is 46.2. The van der Waals surface area contributed by atoms with Gasteiger partial charge in [-0.2, -0.15) is 0 Å². The number of piperazine rings is 1. The summed E-state index contributed by atoms with van der Waals surface area (Å²) in [6.07, 6.45) is 4.59. The SMILES string of the molecule is O=C1CCC(N2Cc3cc(N4CCN(CC5CCN(c6ccc(C7c8ccc(O)cc8CCC7c7ccccc7)cc6F)CC5)CC4)ccc3C2=O)C(=O)[NH2+]1. The van der Waals surface area contributed by atoms with Crippen LogP contribution in [0, 0.1) is 11.7 Å². The Kier molecular flexibility index (Phi) is 9.64. The number of hydrogen-bond acceptors (Lipinski definition) is 7. The van der Waals surface area contributed by atoms with Crippen LogP contribution >= 0.6 is 0 Å². The van der Waals surface area contributed by atoms with Crippen molar-refractivity contribution in [3.63, 3.8) is 0 Å². The maximum absolute atomic E-state index is 16.1. The van der Waals surface area contributed by atoms with Gasteiger partial charge in [0.1, 0.15) is 17.6 Å². The fourth-order valence-corrected chi connectivity index (χ4v) is 10.00. The molecule has 0 saturated carbocycles. The lowest BCUT2D eigenvalue weighted by Crippen LogP contribution is -2.96. The van der Waals surface area contributed by atoms with Crippen LogP contribution in [0.25, 0.3) is 0 Å². The topological polar surface area (TPSA) is 101 Å². The van der Waals surface area contributed by atoms with E-state index in [-0.39, 0.29) is 41.1 Å². The summed E-state index contributed by atoms with van der Waals surface area (Å²) < 4.78 is 16.1. The number of benzene rings is 4. The predicted molar refractivity (Wildman–Crippen MR) is 209 cm³/mol. The number of halogens is 1. The van der Waals surface area contributed by atoms with Crippen molar-refractivity contribution in [3.8, 4) is 5.75 Å². The van der Waals surface area contributed by atoms with Gasteiger partial charge < -0.3 is 19.8 Å². The third kappa shape index (κ3) is 7.02. The van der Waals surface area contributed by atoms with Gasteiger partial charge in [0.25, 0.3) is 5.91 Å².